The molecule has 2 heterocycles. The van der Waals surface area contributed by atoms with E-state index < -0.39 is 0 Å². The number of benzene rings is 8. The summed E-state index contributed by atoms with van der Waals surface area (Å²) >= 11 is -0.188. The zero-order valence-electron chi connectivity index (χ0n) is 31.2. The molecule has 3 heteroatoms. The molecule has 8 aromatic carbocycles. The van der Waals surface area contributed by atoms with Gasteiger partial charge in [-0.15, -0.1) is 0 Å². The van der Waals surface area contributed by atoms with E-state index in [0.717, 1.165) is 11.4 Å². The first-order valence-corrected chi connectivity index (χ1v) is 21.5. The van der Waals surface area contributed by atoms with Crippen LogP contribution in [-0.4, -0.2) is 4.57 Å². The zero-order chi connectivity index (χ0) is 37.4. The molecule has 0 unspecified atom stereocenters. The summed E-state index contributed by atoms with van der Waals surface area (Å²) in [6, 6.07) is 69.5. The van der Waals surface area contributed by atoms with Crippen molar-refractivity contribution < 1.29 is 21.2 Å². The summed E-state index contributed by atoms with van der Waals surface area (Å²) in [5.41, 5.74) is 17.5. The first kappa shape index (κ1) is 33.2. The van der Waals surface area contributed by atoms with Gasteiger partial charge in [-0.05, 0) is 24.3 Å². The topological polar surface area (TPSA) is 8.17 Å². The van der Waals surface area contributed by atoms with E-state index in [1.165, 1.54) is 84.8 Å². The van der Waals surface area contributed by atoms with Crippen molar-refractivity contribution in [2.75, 3.05) is 4.90 Å². The van der Waals surface area contributed by atoms with Gasteiger partial charge in [0.15, 0.2) is 0 Å². The Bertz CT molecular complexity index is 3010. The Morgan fingerprint density at radius 1 is 0.464 bits per heavy atom. The zero-order valence-corrected chi connectivity index (χ0v) is 33.4. The van der Waals surface area contributed by atoms with Gasteiger partial charge in [0, 0.05) is 16.5 Å². The summed E-state index contributed by atoms with van der Waals surface area (Å²) in [5, 5.41) is 2.53. The van der Waals surface area contributed by atoms with E-state index in [9.17, 15) is 0 Å². The van der Waals surface area contributed by atoms with Crippen LogP contribution in [0, 0.1) is 3.57 Å². The third kappa shape index (κ3) is 5.29. The third-order valence-corrected chi connectivity index (χ3v) is 14.8. The number of halogens is 1. The number of aromatic nitrogens is 1. The molecule has 0 atom stereocenters. The predicted octanol–water partition coefficient (Wildman–Crippen LogP) is 11.0. The van der Waals surface area contributed by atoms with Crippen molar-refractivity contribution in [3.63, 3.8) is 0 Å². The summed E-state index contributed by atoms with van der Waals surface area (Å²) in [4.78, 5) is 2.43. The molecule has 268 valence electrons. The molecule has 1 aromatic heterocycles. The van der Waals surface area contributed by atoms with Gasteiger partial charge in [0.2, 0.25) is 0 Å². The molecular weight excluding hydrogens is 792 g/mol. The van der Waals surface area contributed by atoms with Crippen molar-refractivity contribution in [1.82, 2.24) is 4.57 Å². The van der Waals surface area contributed by atoms with Gasteiger partial charge >= 0.3 is 235 Å². The van der Waals surface area contributed by atoms with Gasteiger partial charge < -0.3 is 4.57 Å². The Labute approximate surface area is 338 Å². The van der Waals surface area contributed by atoms with Gasteiger partial charge in [-0.1, -0.05) is 48.5 Å². The molecule has 0 saturated carbocycles. The van der Waals surface area contributed by atoms with Crippen molar-refractivity contribution in [3.8, 4) is 27.9 Å². The van der Waals surface area contributed by atoms with Crippen LogP contribution in [0.15, 0.2) is 188 Å². The minimum absolute atomic E-state index is 0.0861. The van der Waals surface area contributed by atoms with Crippen LogP contribution in [0.4, 0.5) is 17.1 Å². The second-order valence-electron chi connectivity index (χ2n) is 15.4. The normalized spacial score (nSPS) is 13.9. The van der Waals surface area contributed by atoms with E-state index >= 15 is 0 Å². The number of anilines is 3. The van der Waals surface area contributed by atoms with Gasteiger partial charge in [-0.2, -0.15) is 0 Å². The number of nitrogens with zero attached hydrogens (tertiary/aromatic N) is 2. The summed E-state index contributed by atoms with van der Waals surface area (Å²) in [6.45, 7) is 4.72. The average Bonchev–Trinajstić information content (AvgIpc) is 3.90. The van der Waals surface area contributed by atoms with Gasteiger partial charge in [-0.25, -0.2) is 0 Å². The Hall–Kier alpha value is -6.17. The van der Waals surface area contributed by atoms with Crippen molar-refractivity contribution in [2.24, 2.45) is 0 Å². The first-order valence-electron chi connectivity index (χ1n) is 19.3. The second-order valence-corrected chi connectivity index (χ2v) is 18.2. The van der Waals surface area contributed by atoms with Gasteiger partial charge in [-0.3, -0.25) is 0 Å². The van der Waals surface area contributed by atoms with Crippen molar-refractivity contribution in [1.29, 1.82) is 0 Å². The number of rotatable bonds is 6. The predicted molar refractivity (Wildman–Crippen MR) is 231 cm³/mol. The van der Waals surface area contributed by atoms with Crippen LogP contribution in [-0.2, 0) is 5.41 Å². The molecule has 2 nitrogen and oxygen atoms in total. The fraction of sp³-hybridized carbons (Fsp3) is 0.0566. The average molecular weight is 830 g/mol. The molecule has 0 amide bonds. The molecule has 0 N–H and O–H groups in total. The molecule has 11 rings (SSSR count). The Morgan fingerprint density at radius 2 is 1.09 bits per heavy atom. The summed E-state index contributed by atoms with van der Waals surface area (Å²) in [6.07, 6.45) is 2.39. The third-order valence-electron chi connectivity index (χ3n) is 11.8. The molecule has 1 aliphatic heterocycles. The van der Waals surface area contributed by atoms with Gasteiger partial charge in [0.05, 0.1) is 11.0 Å². The van der Waals surface area contributed by atoms with E-state index in [1.807, 2.05) is 0 Å². The van der Waals surface area contributed by atoms with E-state index in [0.29, 0.717) is 0 Å². The molecular formula is C53H38IN2-. The molecule has 2 aliphatic rings. The number of para-hydroxylation sites is 2. The van der Waals surface area contributed by atoms with Crippen LogP contribution in [0.25, 0.3) is 59.4 Å². The molecule has 56 heavy (non-hydrogen) atoms. The monoisotopic (exact) mass is 829 g/mol. The number of fused-ring (bicyclic) bond motifs is 7. The molecule has 9 aromatic rings. The Balaban J connectivity index is 0.996. The summed E-state index contributed by atoms with van der Waals surface area (Å²) in [5.74, 6) is 0. The van der Waals surface area contributed by atoms with Gasteiger partial charge in [0.1, 0.15) is 0 Å². The maximum absolute atomic E-state index is 2.43. The molecule has 0 radical (unpaired) electrons. The van der Waals surface area contributed by atoms with Crippen LogP contribution in [0.2, 0.25) is 0 Å². The first-order chi connectivity index (χ1) is 27.5. The van der Waals surface area contributed by atoms with Crippen LogP contribution < -0.4 is 26.1 Å². The fourth-order valence-corrected chi connectivity index (χ4v) is 11.8. The van der Waals surface area contributed by atoms with Crippen LogP contribution >= 0.6 is 0 Å². The van der Waals surface area contributed by atoms with Crippen LogP contribution in [0.3, 0.4) is 0 Å². The standard InChI is InChI=1S/C53H38IN2/c1-53(2)47-17-9-7-15-43(47)44-30-29-42(34-48(44)53)55(41-27-22-36(23-28-41)50-33-38-12-6-10-18-49(38)54-50)40-25-20-35(21-26-40)37-24-31-52-46(32-37)45-16-8-11-19-51(45)56(52)39-13-4-3-5-14-39/h3-34H,1-2H3/q-1. The van der Waals surface area contributed by atoms with E-state index in [2.05, 4.69) is 217 Å². The number of hydrogen-bond donors (Lipinski definition) is 0. The fourth-order valence-electron chi connectivity index (χ4n) is 8.95. The molecule has 0 spiro atoms. The molecule has 1 aliphatic carbocycles. The van der Waals surface area contributed by atoms with Crippen molar-refractivity contribution in [3.05, 3.63) is 214 Å². The van der Waals surface area contributed by atoms with Crippen molar-refractivity contribution in [2.45, 2.75) is 19.3 Å². The molecule has 0 saturated heterocycles. The Morgan fingerprint density at radius 3 is 1.89 bits per heavy atom. The SMILES string of the molecule is CC1(C)c2ccccc2-c2ccc(N(c3ccc(C4=Cc5ccccc5[I-]4)cc3)c3ccc(-c4ccc5c(c4)c4ccccc4n5-c4ccccc4)cc3)cc21. The Kier molecular flexibility index (Phi) is 7.68. The second kappa shape index (κ2) is 13.0. The van der Waals surface area contributed by atoms with Gasteiger partial charge in [0.25, 0.3) is 0 Å². The number of hydrogen-bond acceptors (Lipinski definition) is 1. The quantitative estimate of drug-likeness (QED) is 0.152. The van der Waals surface area contributed by atoms with Crippen molar-refractivity contribution >= 4 is 48.5 Å². The van der Waals surface area contributed by atoms with E-state index in [1.54, 1.807) is 0 Å². The van der Waals surface area contributed by atoms with Crippen LogP contribution in [0.1, 0.15) is 36.1 Å². The van der Waals surface area contributed by atoms with E-state index in [-0.39, 0.29) is 26.6 Å². The summed E-state index contributed by atoms with van der Waals surface area (Å²) < 4.78 is 5.37. The maximum atomic E-state index is 2.43. The summed E-state index contributed by atoms with van der Waals surface area (Å²) in [7, 11) is 0. The molecule has 0 fully saturated rings. The molecule has 0 bridgehead atoms. The van der Waals surface area contributed by atoms with E-state index in [4.69, 9.17) is 0 Å². The minimum atomic E-state index is -0.188. The van der Waals surface area contributed by atoms with Crippen LogP contribution in [0.5, 0.6) is 0 Å².